The van der Waals surface area contributed by atoms with E-state index in [1.807, 2.05) is 26.0 Å². The fourth-order valence-corrected chi connectivity index (χ4v) is 5.41. The third-order valence-corrected chi connectivity index (χ3v) is 7.50. The molecular formula is C26H30N2O4S. The van der Waals surface area contributed by atoms with Gasteiger partial charge in [-0.2, -0.15) is 0 Å². The molecule has 1 aliphatic heterocycles. The van der Waals surface area contributed by atoms with Crippen LogP contribution in [0.15, 0.2) is 64.7 Å². The lowest BCUT2D eigenvalue weighted by molar-refractivity contribution is -0.121. The van der Waals surface area contributed by atoms with Gasteiger partial charge in [-0.25, -0.2) is 13.6 Å². The van der Waals surface area contributed by atoms with Gasteiger partial charge >= 0.3 is 0 Å². The van der Waals surface area contributed by atoms with Gasteiger partial charge in [0.25, 0.3) is 0 Å². The van der Waals surface area contributed by atoms with Crippen LogP contribution in [0.4, 0.5) is 5.69 Å². The summed E-state index contributed by atoms with van der Waals surface area (Å²) in [5.74, 6) is 0.0744. The molecule has 0 saturated heterocycles. The van der Waals surface area contributed by atoms with Crippen molar-refractivity contribution in [2.24, 2.45) is 10.6 Å². The van der Waals surface area contributed by atoms with Gasteiger partial charge in [-0.05, 0) is 53.1 Å². The van der Waals surface area contributed by atoms with Crippen LogP contribution in [-0.2, 0) is 19.6 Å². The van der Waals surface area contributed by atoms with E-state index in [9.17, 15) is 18.0 Å². The van der Waals surface area contributed by atoms with Crippen molar-refractivity contribution in [2.45, 2.75) is 63.7 Å². The summed E-state index contributed by atoms with van der Waals surface area (Å²) in [5.41, 5.74) is 3.85. The molecule has 1 amide bonds. The molecular weight excluding hydrogens is 436 g/mol. The van der Waals surface area contributed by atoms with Crippen molar-refractivity contribution in [3.63, 3.8) is 0 Å². The largest absolute Gasteiger partial charge is 0.294 e. The van der Waals surface area contributed by atoms with Crippen molar-refractivity contribution in [1.29, 1.82) is 0 Å². The molecule has 33 heavy (non-hydrogen) atoms. The third kappa shape index (κ3) is 4.52. The first kappa shape index (κ1) is 23.4. The van der Waals surface area contributed by atoms with E-state index >= 15 is 0 Å². The fraction of sp³-hybridized carbons (Fsp3) is 0.385. The number of carbonyl (C=O) groups excluding carboxylic acids is 2. The molecule has 0 aromatic heterocycles. The van der Waals surface area contributed by atoms with Crippen molar-refractivity contribution in [3.05, 3.63) is 70.9 Å². The average Bonchev–Trinajstić information content (AvgIpc) is 2.71. The van der Waals surface area contributed by atoms with Crippen LogP contribution in [0.25, 0.3) is 0 Å². The van der Waals surface area contributed by atoms with Crippen LogP contribution in [0.1, 0.15) is 69.9 Å². The molecule has 1 atom stereocenters. The Bertz CT molecular complexity index is 1240. The molecule has 2 aromatic carbocycles. The van der Waals surface area contributed by atoms with E-state index < -0.39 is 10.0 Å². The number of carbonyl (C=O) groups is 2. The summed E-state index contributed by atoms with van der Waals surface area (Å²) in [4.78, 5) is 28.4. The topological polar surface area (TPSA) is 97.5 Å². The zero-order chi connectivity index (χ0) is 24.1. The van der Waals surface area contributed by atoms with Crippen molar-refractivity contribution < 1.29 is 18.0 Å². The number of sulfonamides is 1. The van der Waals surface area contributed by atoms with Crippen LogP contribution < -0.4 is 10.0 Å². The Labute approximate surface area is 195 Å². The summed E-state index contributed by atoms with van der Waals surface area (Å²) in [5, 5.41) is 5.22. The van der Waals surface area contributed by atoms with E-state index in [4.69, 9.17) is 5.14 Å². The Hall–Kier alpha value is -2.77. The number of nitrogens with zero attached hydrogens (tertiary/aromatic N) is 1. The van der Waals surface area contributed by atoms with E-state index in [1.54, 1.807) is 17.0 Å². The highest BCUT2D eigenvalue weighted by atomic mass is 32.2. The maximum atomic E-state index is 13.4. The van der Waals surface area contributed by atoms with Crippen molar-refractivity contribution >= 4 is 27.4 Å². The Morgan fingerprint density at radius 1 is 0.970 bits per heavy atom. The number of benzene rings is 2. The molecule has 0 radical (unpaired) electrons. The number of primary sulfonamides is 1. The van der Waals surface area contributed by atoms with Crippen molar-refractivity contribution in [1.82, 2.24) is 0 Å². The molecule has 1 heterocycles. The lowest BCUT2D eigenvalue weighted by atomic mass is 9.69. The van der Waals surface area contributed by atoms with Gasteiger partial charge in [-0.3, -0.25) is 14.5 Å². The Morgan fingerprint density at radius 3 is 2.12 bits per heavy atom. The van der Waals surface area contributed by atoms with E-state index in [2.05, 4.69) is 26.0 Å². The van der Waals surface area contributed by atoms with Crippen LogP contribution in [0.2, 0.25) is 0 Å². The molecule has 0 spiro atoms. The predicted molar refractivity (Wildman–Crippen MR) is 128 cm³/mol. The molecule has 0 bridgehead atoms. The lowest BCUT2D eigenvalue weighted by Gasteiger charge is -2.43. The smallest absolute Gasteiger partial charge is 0.238 e. The second kappa shape index (κ2) is 8.22. The molecule has 0 fully saturated rings. The first-order valence-corrected chi connectivity index (χ1v) is 12.7. The minimum atomic E-state index is -3.84. The summed E-state index contributed by atoms with van der Waals surface area (Å²) >= 11 is 0. The maximum Gasteiger partial charge on any atom is 0.238 e. The van der Waals surface area contributed by atoms with Crippen LogP contribution in [0.3, 0.4) is 0 Å². The van der Waals surface area contributed by atoms with Gasteiger partial charge < -0.3 is 0 Å². The second-order valence-electron chi connectivity index (χ2n) is 10.1. The van der Waals surface area contributed by atoms with Crippen LogP contribution in [-0.4, -0.2) is 20.1 Å². The zero-order valence-corrected chi connectivity index (χ0v) is 20.3. The number of allylic oxidation sites excluding steroid dienone is 2. The highest BCUT2D eigenvalue weighted by Crippen LogP contribution is 2.48. The quantitative estimate of drug-likeness (QED) is 0.711. The Morgan fingerprint density at radius 2 is 1.58 bits per heavy atom. The van der Waals surface area contributed by atoms with E-state index in [1.165, 1.54) is 17.7 Å². The number of ketones is 1. The molecule has 1 aliphatic carbocycles. The molecule has 4 rings (SSSR count). The number of Topliss-reactive ketones (excluding diaryl/α,β-unsaturated/α-hetero) is 1. The number of nitrogens with two attached hydrogens (primary N) is 1. The second-order valence-corrected chi connectivity index (χ2v) is 11.7. The van der Waals surface area contributed by atoms with Crippen molar-refractivity contribution in [3.8, 4) is 0 Å². The summed E-state index contributed by atoms with van der Waals surface area (Å²) in [6, 6.07) is 14.1. The SMILES string of the molecule is CC(C)c1ccc(C2CC(=O)N(c3ccc(S(N)(=O)=O)cc3)C3=C2C(=O)CC(C)(C)C3)cc1. The van der Waals surface area contributed by atoms with E-state index in [0.717, 1.165) is 5.56 Å². The minimum absolute atomic E-state index is 0.0203. The van der Waals surface area contributed by atoms with Gasteiger partial charge in [0.15, 0.2) is 5.78 Å². The highest BCUT2D eigenvalue weighted by Gasteiger charge is 2.44. The first-order valence-electron chi connectivity index (χ1n) is 11.2. The molecule has 2 N–H and O–H groups in total. The van der Waals surface area contributed by atoms with Crippen molar-refractivity contribution in [2.75, 3.05) is 4.90 Å². The summed E-state index contributed by atoms with van der Waals surface area (Å²) in [6.07, 6.45) is 1.19. The number of hydrogen-bond acceptors (Lipinski definition) is 4. The van der Waals surface area contributed by atoms with Crippen LogP contribution in [0, 0.1) is 5.41 Å². The molecule has 0 saturated carbocycles. The van der Waals surface area contributed by atoms with Gasteiger partial charge in [0.05, 0.1) is 4.90 Å². The van der Waals surface area contributed by atoms with Crippen LogP contribution in [0.5, 0.6) is 0 Å². The summed E-state index contributed by atoms with van der Waals surface area (Å²) < 4.78 is 23.3. The first-order chi connectivity index (χ1) is 15.4. The van der Waals surface area contributed by atoms with Crippen LogP contribution >= 0.6 is 0 Å². The predicted octanol–water partition coefficient (Wildman–Crippen LogP) is 4.62. The molecule has 1 unspecified atom stereocenters. The standard InChI is InChI=1S/C26H30N2O4S/c1-16(2)17-5-7-18(8-6-17)21-13-24(30)28(19-9-11-20(12-10-19)33(27,31)32)22-14-26(3,4)15-23(29)25(21)22/h5-12,16,21H,13-15H2,1-4H3,(H2,27,31,32). The number of rotatable bonds is 4. The maximum absolute atomic E-state index is 13.4. The summed E-state index contributed by atoms with van der Waals surface area (Å²) in [6.45, 7) is 8.32. The lowest BCUT2D eigenvalue weighted by Crippen LogP contribution is -2.43. The van der Waals surface area contributed by atoms with Gasteiger partial charge in [0, 0.05) is 35.7 Å². The Balaban J connectivity index is 1.83. The molecule has 174 valence electrons. The third-order valence-electron chi connectivity index (χ3n) is 6.57. The fourth-order valence-electron chi connectivity index (χ4n) is 4.90. The van der Waals surface area contributed by atoms with Gasteiger partial charge in [0.2, 0.25) is 15.9 Å². The molecule has 2 aliphatic rings. The molecule has 7 heteroatoms. The Kier molecular flexibility index (Phi) is 5.83. The monoisotopic (exact) mass is 466 g/mol. The minimum Gasteiger partial charge on any atom is -0.294 e. The normalized spacial score (nSPS) is 20.9. The zero-order valence-electron chi connectivity index (χ0n) is 19.5. The van der Waals surface area contributed by atoms with Gasteiger partial charge in [-0.15, -0.1) is 0 Å². The van der Waals surface area contributed by atoms with Gasteiger partial charge in [-0.1, -0.05) is 52.0 Å². The highest BCUT2D eigenvalue weighted by molar-refractivity contribution is 7.89. The summed E-state index contributed by atoms with van der Waals surface area (Å²) in [7, 11) is -3.84. The average molecular weight is 467 g/mol. The molecule has 6 nitrogen and oxygen atoms in total. The van der Waals surface area contributed by atoms with E-state index in [-0.39, 0.29) is 34.3 Å². The number of hydrogen-bond donors (Lipinski definition) is 1. The molecule has 2 aromatic rings. The van der Waals surface area contributed by atoms with E-state index in [0.29, 0.717) is 35.7 Å². The number of anilines is 1. The number of amides is 1. The van der Waals surface area contributed by atoms with Gasteiger partial charge in [0.1, 0.15) is 0 Å².